The highest BCUT2D eigenvalue weighted by Crippen LogP contribution is 2.32. The molecule has 0 aliphatic heterocycles. The Bertz CT molecular complexity index is 494. The van der Waals surface area contributed by atoms with E-state index in [2.05, 4.69) is 10.9 Å². The van der Waals surface area contributed by atoms with Crippen LogP contribution in [0.2, 0.25) is 15.1 Å². The quantitative estimate of drug-likeness (QED) is 0.590. The summed E-state index contributed by atoms with van der Waals surface area (Å²) in [4.78, 5) is 21.4. The van der Waals surface area contributed by atoms with E-state index in [1.165, 1.54) is 12.1 Å². The minimum absolute atomic E-state index is 0.218. The van der Waals surface area contributed by atoms with Crippen LogP contribution in [0.5, 0.6) is 0 Å². The summed E-state index contributed by atoms with van der Waals surface area (Å²) in [5.41, 5.74) is 4.93. The van der Waals surface area contributed by atoms with Crippen molar-refractivity contribution in [2.45, 2.75) is 0 Å². The first kappa shape index (κ1) is 14.6. The highest BCUT2D eigenvalue weighted by Gasteiger charge is 2.08. The molecule has 0 unspecified atom stereocenters. The lowest BCUT2D eigenvalue weighted by Gasteiger charge is -2.10. The van der Waals surface area contributed by atoms with Gasteiger partial charge in [0.15, 0.2) is 0 Å². The highest BCUT2D eigenvalue weighted by molar-refractivity contribution is 6.41. The molecule has 0 aliphatic carbocycles. The second-order valence-corrected chi connectivity index (χ2v) is 4.28. The molecule has 0 saturated heterocycles. The van der Waals surface area contributed by atoms with Gasteiger partial charge in [0, 0.05) is 17.2 Å². The number of halogens is 3. The van der Waals surface area contributed by atoms with Crippen LogP contribution in [0.15, 0.2) is 24.3 Å². The van der Waals surface area contributed by atoms with E-state index >= 15 is 0 Å². The van der Waals surface area contributed by atoms with Gasteiger partial charge < -0.3 is 5.11 Å². The van der Waals surface area contributed by atoms with Crippen molar-refractivity contribution in [2.24, 2.45) is 0 Å². The number of hydrazine groups is 1. The molecule has 5 nitrogen and oxygen atoms in total. The Morgan fingerprint density at radius 1 is 1.11 bits per heavy atom. The number of hydrogen-bond donors (Lipinski definition) is 3. The molecule has 8 heteroatoms. The van der Waals surface area contributed by atoms with Gasteiger partial charge in [-0.25, -0.2) is 4.79 Å². The molecule has 0 spiro atoms. The van der Waals surface area contributed by atoms with Crippen LogP contribution >= 0.6 is 34.8 Å². The maximum absolute atomic E-state index is 11.2. The summed E-state index contributed by atoms with van der Waals surface area (Å²) in [6.45, 7) is 0. The number of rotatable bonds is 4. The molecule has 0 heterocycles. The summed E-state index contributed by atoms with van der Waals surface area (Å²) >= 11 is 17.4. The Morgan fingerprint density at radius 3 is 2.17 bits per heavy atom. The molecule has 0 atom stereocenters. The lowest BCUT2D eigenvalue weighted by Crippen LogP contribution is -2.28. The predicted molar refractivity (Wildman–Crippen MR) is 70.0 cm³/mol. The highest BCUT2D eigenvalue weighted by atomic mass is 35.5. The Balaban J connectivity index is 2.70. The second kappa shape index (κ2) is 6.49. The van der Waals surface area contributed by atoms with Crippen molar-refractivity contribution in [2.75, 3.05) is 5.43 Å². The van der Waals surface area contributed by atoms with Crippen molar-refractivity contribution in [3.8, 4) is 0 Å². The summed E-state index contributed by atoms with van der Waals surface area (Å²) < 4.78 is 0. The van der Waals surface area contributed by atoms with Gasteiger partial charge in [-0.2, -0.15) is 0 Å². The van der Waals surface area contributed by atoms with E-state index in [0.29, 0.717) is 11.1 Å². The molecular formula is C10H7Cl3N2O3. The van der Waals surface area contributed by atoms with Gasteiger partial charge >= 0.3 is 5.97 Å². The smallest absolute Gasteiger partial charge is 0.328 e. The van der Waals surface area contributed by atoms with Gasteiger partial charge in [-0.05, 0) is 12.1 Å². The number of nitrogens with one attached hydrogen (secondary N) is 2. The van der Waals surface area contributed by atoms with Crippen LogP contribution < -0.4 is 10.9 Å². The third-order valence-electron chi connectivity index (χ3n) is 1.69. The van der Waals surface area contributed by atoms with Crippen molar-refractivity contribution in [3.05, 3.63) is 39.4 Å². The van der Waals surface area contributed by atoms with Crippen LogP contribution in [0.3, 0.4) is 0 Å². The number of carboxylic acid groups (broad SMARTS) is 1. The molecule has 0 radical (unpaired) electrons. The molecule has 0 saturated carbocycles. The van der Waals surface area contributed by atoms with E-state index in [1.807, 2.05) is 0 Å². The first-order valence-corrected chi connectivity index (χ1v) is 5.65. The predicted octanol–water partition coefficient (Wildman–Crippen LogP) is 2.73. The third kappa shape index (κ3) is 4.44. The summed E-state index contributed by atoms with van der Waals surface area (Å²) in [6.07, 6.45) is 1.54. The molecular weight excluding hydrogens is 302 g/mol. The molecule has 0 aromatic heterocycles. The number of carboxylic acids is 1. The lowest BCUT2D eigenvalue weighted by molar-refractivity contribution is -0.131. The Morgan fingerprint density at radius 2 is 1.67 bits per heavy atom. The van der Waals surface area contributed by atoms with Crippen molar-refractivity contribution < 1.29 is 14.7 Å². The van der Waals surface area contributed by atoms with Gasteiger partial charge in [0.05, 0.1) is 15.7 Å². The van der Waals surface area contributed by atoms with Crippen LogP contribution in [-0.4, -0.2) is 17.0 Å². The number of hydrogen-bond acceptors (Lipinski definition) is 3. The molecule has 1 aromatic carbocycles. The number of anilines is 1. The van der Waals surface area contributed by atoms with Crippen molar-refractivity contribution in [3.63, 3.8) is 0 Å². The third-order valence-corrected chi connectivity index (χ3v) is 2.51. The standard InChI is InChI=1S/C10H7Cl3N2O3/c11-5-3-6(12)10(7(13)4-5)15-14-8(16)1-2-9(17)18/h1-4,15H,(H,14,16)(H,17,18)/b2-1-. The largest absolute Gasteiger partial charge is 0.478 e. The summed E-state index contributed by atoms with van der Waals surface area (Å²) in [7, 11) is 0. The summed E-state index contributed by atoms with van der Waals surface area (Å²) in [6, 6.07) is 2.88. The van der Waals surface area contributed by atoms with E-state index in [0.717, 1.165) is 6.08 Å². The van der Waals surface area contributed by atoms with Gasteiger partial charge in [-0.3, -0.25) is 15.6 Å². The molecule has 1 amide bonds. The van der Waals surface area contributed by atoms with Gasteiger partial charge in [0.25, 0.3) is 5.91 Å². The number of carbonyl (C=O) groups excluding carboxylic acids is 1. The zero-order chi connectivity index (χ0) is 13.7. The van der Waals surface area contributed by atoms with Gasteiger partial charge in [-0.1, -0.05) is 34.8 Å². The first-order chi connectivity index (χ1) is 8.40. The molecule has 1 aromatic rings. The minimum atomic E-state index is -1.23. The number of benzene rings is 1. The van der Waals surface area contributed by atoms with Crippen LogP contribution in [0.25, 0.3) is 0 Å². The first-order valence-electron chi connectivity index (χ1n) is 4.51. The minimum Gasteiger partial charge on any atom is -0.478 e. The van der Waals surface area contributed by atoms with Crippen molar-refractivity contribution in [1.29, 1.82) is 0 Å². The van der Waals surface area contributed by atoms with E-state index < -0.39 is 11.9 Å². The van der Waals surface area contributed by atoms with Crippen LogP contribution in [0, 0.1) is 0 Å². The lowest BCUT2D eigenvalue weighted by atomic mass is 10.3. The molecule has 0 bridgehead atoms. The summed E-state index contributed by atoms with van der Waals surface area (Å²) in [5.74, 6) is -1.90. The van der Waals surface area contributed by atoms with Gasteiger partial charge in [0.2, 0.25) is 0 Å². The normalized spacial score (nSPS) is 10.4. The van der Waals surface area contributed by atoms with Gasteiger partial charge in [0.1, 0.15) is 0 Å². The summed E-state index contributed by atoms with van der Waals surface area (Å²) in [5, 5.41) is 9.11. The van der Waals surface area contributed by atoms with Gasteiger partial charge in [-0.15, -0.1) is 0 Å². The molecule has 3 N–H and O–H groups in total. The second-order valence-electron chi connectivity index (χ2n) is 3.03. The van der Waals surface area contributed by atoms with Crippen LogP contribution in [-0.2, 0) is 9.59 Å². The van der Waals surface area contributed by atoms with Crippen LogP contribution in [0.4, 0.5) is 5.69 Å². The van der Waals surface area contributed by atoms with E-state index in [-0.39, 0.29) is 15.7 Å². The van der Waals surface area contributed by atoms with Crippen molar-refractivity contribution in [1.82, 2.24) is 5.43 Å². The van der Waals surface area contributed by atoms with E-state index in [1.54, 1.807) is 0 Å². The fraction of sp³-hybridized carbons (Fsp3) is 0. The Kier molecular flexibility index (Phi) is 5.27. The van der Waals surface area contributed by atoms with Crippen molar-refractivity contribution >= 4 is 52.4 Å². The fourth-order valence-corrected chi connectivity index (χ4v) is 1.89. The average Bonchev–Trinajstić information content (AvgIpc) is 2.24. The maximum Gasteiger partial charge on any atom is 0.328 e. The topological polar surface area (TPSA) is 78.4 Å². The number of carbonyl (C=O) groups is 2. The molecule has 18 heavy (non-hydrogen) atoms. The SMILES string of the molecule is O=C(O)/C=C\C(=O)NNc1c(Cl)cc(Cl)cc1Cl. The Labute approximate surface area is 117 Å². The molecule has 0 fully saturated rings. The monoisotopic (exact) mass is 308 g/mol. The molecule has 96 valence electrons. The Hall–Kier alpha value is -1.43. The maximum atomic E-state index is 11.2. The average molecular weight is 310 g/mol. The fourth-order valence-electron chi connectivity index (χ4n) is 0.974. The zero-order valence-electron chi connectivity index (χ0n) is 8.71. The van der Waals surface area contributed by atoms with Crippen LogP contribution in [0.1, 0.15) is 0 Å². The van der Waals surface area contributed by atoms with E-state index in [9.17, 15) is 9.59 Å². The number of amides is 1. The molecule has 1 rings (SSSR count). The molecule has 0 aliphatic rings. The number of aliphatic carboxylic acids is 1. The van der Waals surface area contributed by atoms with E-state index in [4.69, 9.17) is 39.9 Å². The zero-order valence-corrected chi connectivity index (χ0v) is 11.0.